The number of anilines is 1. The minimum Gasteiger partial charge on any atom is -0.392 e. The van der Waals surface area contributed by atoms with Gasteiger partial charge >= 0.3 is 0 Å². The van der Waals surface area contributed by atoms with E-state index in [9.17, 15) is 4.79 Å². The van der Waals surface area contributed by atoms with E-state index in [2.05, 4.69) is 21.2 Å². The number of nitrogens with two attached hydrogens (primary N) is 1. The third kappa shape index (κ3) is 3.81. The molecule has 0 fully saturated rings. The number of amides is 1. The average Bonchev–Trinajstić information content (AvgIpc) is 2.45. The highest BCUT2D eigenvalue weighted by molar-refractivity contribution is 9.10. The summed E-state index contributed by atoms with van der Waals surface area (Å²) in [6, 6.07) is 14.4. The lowest BCUT2D eigenvalue weighted by molar-refractivity contribution is -0.116. The van der Waals surface area contributed by atoms with E-state index in [1.807, 2.05) is 30.3 Å². The van der Waals surface area contributed by atoms with Gasteiger partial charge in [0.2, 0.25) is 5.91 Å². The van der Waals surface area contributed by atoms with Crippen LogP contribution in [-0.4, -0.2) is 10.9 Å². The maximum absolute atomic E-state index is 12.5. The van der Waals surface area contributed by atoms with Crippen LogP contribution in [-0.2, 0) is 4.79 Å². The van der Waals surface area contributed by atoms with Gasteiger partial charge in [0.25, 0.3) is 0 Å². The van der Waals surface area contributed by atoms with Crippen molar-refractivity contribution < 1.29 is 4.79 Å². The first-order valence-electron chi connectivity index (χ1n) is 6.10. The number of rotatable bonds is 4. The maximum atomic E-state index is 12.5. The second-order valence-corrected chi connectivity index (χ2v) is 6.01. The molecule has 2 rings (SSSR count). The summed E-state index contributed by atoms with van der Waals surface area (Å²) in [4.78, 5) is 12.6. The van der Waals surface area contributed by atoms with Crippen molar-refractivity contribution in [1.29, 1.82) is 0 Å². The first-order valence-corrected chi connectivity index (χ1v) is 7.67. The van der Waals surface area contributed by atoms with Crippen LogP contribution in [0.5, 0.6) is 0 Å². The molecular formula is C15H12BrClN2OS. The summed E-state index contributed by atoms with van der Waals surface area (Å²) < 4.78 is 0.620. The number of hydrogen-bond donors (Lipinski definition) is 2. The molecule has 2 aromatic carbocycles. The Labute approximate surface area is 141 Å². The van der Waals surface area contributed by atoms with Gasteiger partial charge in [0.15, 0.2) is 0 Å². The number of carbonyl (C=O) groups is 1. The normalized spacial score (nSPS) is 11.7. The molecule has 3 nitrogen and oxygen atoms in total. The van der Waals surface area contributed by atoms with Crippen LogP contribution < -0.4 is 11.1 Å². The number of carbonyl (C=O) groups excluding carboxylic acids is 1. The zero-order valence-corrected chi connectivity index (χ0v) is 14.0. The zero-order valence-electron chi connectivity index (χ0n) is 10.8. The Kier molecular flexibility index (Phi) is 5.33. The van der Waals surface area contributed by atoms with Crippen molar-refractivity contribution in [2.75, 3.05) is 5.32 Å². The van der Waals surface area contributed by atoms with Gasteiger partial charge in [-0.15, -0.1) is 0 Å². The molecule has 0 spiro atoms. The lowest BCUT2D eigenvalue weighted by atomic mass is 9.98. The molecule has 6 heteroatoms. The van der Waals surface area contributed by atoms with Crippen molar-refractivity contribution in [2.24, 2.45) is 5.73 Å². The van der Waals surface area contributed by atoms with Crippen LogP contribution >= 0.6 is 39.7 Å². The molecule has 0 radical (unpaired) electrons. The van der Waals surface area contributed by atoms with Crippen LogP contribution in [0.2, 0.25) is 5.02 Å². The number of hydrogen-bond acceptors (Lipinski definition) is 2. The highest BCUT2D eigenvalue weighted by atomic mass is 79.9. The fraction of sp³-hybridized carbons (Fsp3) is 0.0667. The molecule has 0 heterocycles. The van der Waals surface area contributed by atoms with Crippen molar-refractivity contribution in [3.8, 4) is 0 Å². The summed E-state index contributed by atoms with van der Waals surface area (Å²) in [6.07, 6.45) is 0. The van der Waals surface area contributed by atoms with Crippen molar-refractivity contribution in [1.82, 2.24) is 0 Å². The molecule has 108 valence electrons. The van der Waals surface area contributed by atoms with Gasteiger partial charge in [-0.3, -0.25) is 4.79 Å². The highest BCUT2D eigenvalue weighted by Gasteiger charge is 2.24. The van der Waals surface area contributed by atoms with Gasteiger partial charge in [-0.1, -0.05) is 60.2 Å². The lowest BCUT2D eigenvalue weighted by Gasteiger charge is -2.17. The molecular weight excluding hydrogens is 372 g/mol. The molecule has 3 N–H and O–H groups in total. The molecule has 1 amide bonds. The fourth-order valence-electron chi connectivity index (χ4n) is 1.90. The van der Waals surface area contributed by atoms with Gasteiger partial charge in [-0.25, -0.2) is 0 Å². The van der Waals surface area contributed by atoms with Gasteiger partial charge in [-0.05, 0) is 33.6 Å². The fourth-order valence-corrected chi connectivity index (χ4v) is 2.68. The van der Waals surface area contributed by atoms with Gasteiger partial charge in [0.05, 0.1) is 20.2 Å². The van der Waals surface area contributed by atoms with Crippen LogP contribution in [0.1, 0.15) is 11.5 Å². The third-order valence-corrected chi connectivity index (χ3v) is 4.52. The van der Waals surface area contributed by atoms with Gasteiger partial charge in [0.1, 0.15) is 5.92 Å². The minimum atomic E-state index is -0.688. The second kappa shape index (κ2) is 7.02. The monoisotopic (exact) mass is 382 g/mol. The smallest absolute Gasteiger partial charge is 0.238 e. The minimum absolute atomic E-state index is 0.122. The van der Waals surface area contributed by atoms with E-state index < -0.39 is 5.92 Å². The summed E-state index contributed by atoms with van der Waals surface area (Å²) >= 11 is 14.4. The predicted octanol–water partition coefficient (Wildman–Crippen LogP) is 4.11. The van der Waals surface area contributed by atoms with E-state index in [4.69, 9.17) is 29.6 Å². The van der Waals surface area contributed by atoms with Gasteiger partial charge in [-0.2, -0.15) is 0 Å². The second-order valence-electron chi connectivity index (χ2n) is 4.34. The molecule has 0 aliphatic rings. The number of halogens is 2. The van der Waals surface area contributed by atoms with Crippen molar-refractivity contribution >= 4 is 56.3 Å². The Hall–Kier alpha value is -1.43. The first-order chi connectivity index (χ1) is 10.0. The quantitative estimate of drug-likeness (QED) is 0.781. The van der Waals surface area contributed by atoms with Gasteiger partial charge < -0.3 is 11.1 Å². The first kappa shape index (κ1) is 15.9. The van der Waals surface area contributed by atoms with Crippen LogP contribution in [0.4, 0.5) is 5.69 Å². The zero-order chi connectivity index (χ0) is 15.4. The largest absolute Gasteiger partial charge is 0.392 e. The van der Waals surface area contributed by atoms with E-state index in [1.165, 1.54) is 0 Å². The topological polar surface area (TPSA) is 55.1 Å². The van der Waals surface area contributed by atoms with Gasteiger partial charge in [0, 0.05) is 0 Å². The average molecular weight is 384 g/mol. The van der Waals surface area contributed by atoms with E-state index >= 15 is 0 Å². The molecule has 0 bridgehead atoms. The van der Waals surface area contributed by atoms with E-state index in [0.717, 1.165) is 5.56 Å². The summed E-state index contributed by atoms with van der Waals surface area (Å²) in [5.74, 6) is -0.983. The molecule has 1 unspecified atom stereocenters. The van der Waals surface area contributed by atoms with E-state index in [-0.39, 0.29) is 10.9 Å². The summed E-state index contributed by atoms with van der Waals surface area (Å²) in [6.45, 7) is 0. The summed E-state index contributed by atoms with van der Waals surface area (Å²) in [5.41, 5.74) is 7.05. The number of nitrogens with one attached hydrogen (secondary N) is 1. The Morgan fingerprint density at radius 2 is 1.86 bits per heavy atom. The van der Waals surface area contributed by atoms with Crippen LogP contribution in [0.15, 0.2) is 53.0 Å². The standard InChI is InChI=1S/C15H12BrClN2OS/c16-13-10(17)7-4-8-11(13)19-15(20)12(14(18)21)9-5-2-1-3-6-9/h1-8,12H,(H2,18,21)(H,19,20). The predicted molar refractivity (Wildman–Crippen MR) is 93.8 cm³/mol. The molecule has 0 saturated carbocycles. The Balaban J connectivity index is 2.28. The SMILES string of the molecule is NC(=S)C(C(=O)Nc1cccc(Cl)c1Br)c1ccccc1. The van der Waals surface area contributed by atoms with E-state index in [0.29, 0.717) is 15.2 Å². The third-order valence-electron chi connectivity index (χ3n) is 2.89. The Bertz CT molecular complexity index is 679. The maximum Gasteiger partial charge on any atom is 0.238 e. The number of benzene rings is 2. The molecule has 0 aromatic heterocycles. The molecule has 0 saturated heterocycles. The number of thiocarbonyl (C=S) groups is 1. The molecule has 21 heavy (non-hydrogen) atoms. The summed E-state index contributed by atoms with van der Waals surface area (Å²) in [5, 5.41) is 3.31. The molecule has 2 aromatic rings. The molecule has 1 atom stereocenters. The highest BCUT2D eigenvalue weighted by Crippen LogP contribution is 2.31. The van der Waals surface area contributed by atoms with Crippen LogP contribution in [0, 0.1) is 0 Å². The van der Waals surface area contributed by atoms with Crippen molar-refractivity contribution in [2.45, 2.75) is 5.92 Å². The molecule has 0 aliphatic heterocycles. The van der Waals surface area contributed by atoms with Crippen LogP contribution in [0.25, 0.3) is 0 Å². The Morgan fingerprint density at radius 3 is 2.48 bits per heavy atom. The molecule has 0 aliphatic carbocycles. The van der Waals surface area contributed by atoms with Crippen molar-refractivity contribution in [3.63, 3.8) is 0 Å². The van der Waals surface area contributed by atoms with E-state index in [1.54, 1.807) is 18.2 Å². The summed E-state index contributed by atoms with van der Waals surface area (Å²) in [7, 11) is 0. The lowest BCUT2D eigenvalue weighted by Crippen LogP contribution is -2.31. The van der Waals surface area contributed by atoms with Crippen LogP contribution in [0.3, 0.4) is 0 Å². The van der Waals surface area contributed by atoms with Crippen molar-refractivity contribution in [3.05, 3.63) is 63.6 Å². The Morgan fingerprint density at radius 1 is 1.19 bits per heavy atom.